The molecule has 0 saturated carbocycles. The Bertz CT molecular complexity index is 1050. The Morgan fingerprint density at radius 1 is 1.30 bits per heavy atom. The number of rotatable bonds is 3. The summed E-state index contributed by atoms with van der Waals surface area (Å²) in [6.45, 7) is 1.36. The third-order valence-electron chi connectivity index (χ3n) is 4.50. The first-order chi connectivity index (χ1) is 13.0. The fraction of sp³-hybridized carbons (Fsp3) is 0.150. The van der Waals surface area contributed by atoms with Crippen LogP contribution in [0.25, 0.3) is 10.8 Å². The minimum absolute atomic E-state index is 0.254. The second-order valence-corrected chi connectivity index (χ2v) is 6.23. The van der Waals surface area contributed by atoms with Gasteiger partial charge < -0.3 is 10.1 Å². The number of hydrogen-bond donors (Lipinski definition) is 1. The molecule has 0 bridgehead atoms. The van der Waals surface area contributed by atoms with Crippen LogP contribution in [0.4, 0.5) is 15.8 Å². The number of ether oxygens (including phenoxy) is 1. The van der Waals surface area contributed by atoms with E-state index in [1.54, 1.807) is 25.4 Å². The van der Waals surface area contributed by atoms with Crippen molar-refractivity contribution in [3.05, 3.63) is 60.7 Å². The molecule has 0 fully saturated rings. The molecule has 1 aliphatic heterocycles. The summed E-state index contributed by atoms with van der Waals surface area (Å²) in [7, 11) is 0. The third-order valence-corrected chi connectivity index (χ3v) is 4.50. The summed E-state index contributed by atoms with van der Waals surface area (Å²) in [6.07, 6.45) is 3.37. The first kappa shape index (κ1) is 17.0. The van der Waals surface area contributed by atoms with E-state index in [0.29, 0.717) is 11.4 Å². The van der Waals surface area contributed by atoms with Crippen LogP contribution in [-0.4, -0.2) is 29.4 Å². The number of carbonyl (C=O) groups excluding carboxylic acids is 2. The topological polar surface area (TPSA) is 71.5 Å². The highest BCUT2D eigenvalue weighted by Crippen LogP contribution is 2.33. The van der Waals surface area contributed by atoms with Crippen LogP contribution >= 0.6 is 0 Å². The summed E-state index contributed by atoms with van der Waals surface area (Å²) < 4.78 is 19.2. The fourth-order valence-corrected chi connectivity index (χ4v) is 3.16. The summed E-state index contributed by atoms with van der Waals surface area (Å²) >= 11 is 0. The molecular weight excluding hydrogens is 349 g/mol. The van der Waals surface area contributed by atoms with Gasteiger partial charge in [-0.05, 0) is 37.3 Å². The van der Waals surface area contributed by atoms with Crippen molar-refractivity contribution in [2.45, 2.75) is 13.0 Å². The lowest BCUT2D eigenvalue weighted by Crippen LogP contribution is -2.50. The number of halogens is 1. The van der Waals surface area contributed by atoms with E-state index in [-0.39, 0.29) is 18.2 Å². The molecule has 1 aromatic heterocycles. The van der Waals surface area contributed by atoms with Gasteiger partial charge in [-0.3, -0.25) is 19.5 Å². The molecule has 3 aromatic rings. The predicted octanol–water partition coefficient (Wildman–Crippen LogP) is 3.13. The Labute approximate surface area is 154 Å². The molecule has 0 saturated heterocycles. The van der Waals surface area contributed by atoms with Gasteiger partial charge >= 0.3 is 0 Å². The molecule has 2 heterocycles. The Morgan fingerprint density at radius 2 is 2.15 bits per heavy atom. The molecule has 1 atom stereocenters. The average molecular weight is 365 g/mol. The van der Waals surface area contributed by atoms with Crippen LogP contribution in [0.15, 0.2) is 54.9 Å². The van der Waals surface area contributed by atoms with E-state index in [1.165, 1.54) is 23.1 Å². The van der Waals surface area contributed by atoms with E-state index in [9.17, 15) is 14.0 Å². The first-order valence-electron chi connectivity index (χ1n) is 8.42. The Balaban J connectivity index is 1.60. The number of fused-ring (bicyclic) bond motifs is 2. The summed E-state index contributed by atoms with van der Waals surface area (Å²) in [5.74, 6) is -0.706. The van der Waals surface area contributed by atoms with Crippen LogP contribution in [0, 0.1) is 5.82 Å². The zero-order valence-electron chi connectivity index (χ0n) is 14.5. The molecule has 7 heteroatoms. The van der Waals surface area contributed by atoms with Gasteiger partial charge in [0.05, 0.1) is 11.4 Å². The molecule has 0 radical (unpaired) electrons. The van der Waals surface area contributed by atoms with Crippen molar-refractivity contribution in [1.82, 2.24) is 4.98 Å². The Hall–Kier alpha value is -3.48. The largest absolute Gasteiger partial charge is 0.483 e. The molecule has 1 aliphatic rings. The van der Waals surface area contributed by atoms with Crippen LogP contribution in [0.1, 0.15) is 6.92 Å². The molecule has 0 spiro atoms. The molecule has 2 amide bonds. The summed E-state index contributed by atoms with van der Waals surface area (Å²) in [6, 6.07) is 10.5. The van der Waals surface area contributed by atoms with Crippen LogP contribution in [0.3, 0.4) is 0 Å². The van der Waals surface area contributed by atoms with Crippen molar-refractivity contribution in [1.29, 1.82) is 0 Å². The smallest absolute Gasteiger partial charge is 0.265 e. The Morgan fingerprint density at radius 3 is 3.00 bits per heavy atom. The van der Waals surface area contributed by atoms with Gasteiger partial charge in [0.25, 0.3) is 5.91 Å². The number of hydrogen-bond acceptors (Lipinski definition) is 4. The van der Waals surface area contributed by atoms with E-state index in [1.807, 2.05) is 18.2 Å². The van der Waals surface area contributed by atoms with Crippen molar-refractivity contribution in [2.24, 2.45) is 0 Å². The summed E-state index contributed by atoms with van der Waals surface area (Å²) in [4.78, 5) is 30.4. The molecule has 4 rings (SSSR count). The van der Waals surface area contributed by atoms with Crippen molar-refractivity contribution < 1.29 is 18.7 Å². The zero-order chi connectivity index (χ0) is 19.0. The van der Waals surface area contributed by atoms with Gasteiger partial charge in [-0.25, -0.2) is 4.39 Å². The third kappa shape index (κ3) is 3.08. The van der Waals surface area contributed by atoms with Gasteiger partial charge in [-0.1, -0.05) is 12.1 Å². The standard InChI is InChI=1S/C20H16FN3O3/c1-12-20(26)23-16-9-14(21)5-6-17(16)24(12)19(25)11-27-18-4-2-3-13-10-22-8-7-15(13)18/h2-10,12H,11H2,1H3,(H,23,26)/t12-/m0/s1. The highest BCUT2D eigenvalue weighted by atomic mass is 19.1. The number of benzene rings is 2. The molecule has 1 N–H and O–H groups in total. The van der Waals surface area contributed by atoms with E-state index < -0.39 is 17.8 Å². The average Bonchev–Trinajstić information content (AvgIpc) is 2.67. The maximum atomic E-state index is 13.5. The monoisotopic (exact) mass is 365 g/mol. The molecule has 2 aromatic carbocycles. The normalized spacial score (nSPS) is 16.0. The quantitative estimate of drug-likeness (QED) is 0.774. The first-order valence-corrected chi connectivity index (χ1v) is 8.42. The number of pyridine rings is 1. The lowest BCUT2D eigenvalue weighted by atomic mass is 10.1. The number of nitrogens with zero attached hydrogens (tertiary/aromatic N) is 2. The lowest BCUT2D eigenvalue weighted by molar-refractivity contribution is -0.124. The number of carbonyl (C=O) groups is 2. The highest BCUT2D eigenvalue weighted by molar-refractivity contribution is 6.12. The van der Waals surface area contributed by atoms with Gasteiger partial charge in [0.1, 0.15) is 17.6 Å². The van der Waals surface area contributed by atoms with E-state index in [0.717, 1.165) is 10.8 Å². The maximum Gasteiger partial charge on any atom is 0.265 e. The number of amides is 2. The molecule has 0 aliphatic carbocycles. The van der Waals surface area contributed by atoms with Gasteiger partial charge in [-0.15, -0.1) is 0 Å². The molecule has 6 nitrogen and oxygen atoms in total. The van der Waals surface area contributed by atoms with Crippen LogP contribution in [0.5, 0.6) is 5.75 Å². The van der Waals surface area contributed by atoms with Gasteiger partial charge in [-0.2, -0.15) is 0 Å². The predicted molar refractivity (Wildman–Crippen MR) is 99.2 cm³/mol. The van der Waals surface area contributed by atoms with E-state index in [2.05, 4.69) is 10.3 Å². The van der Waals surface area contributed by atoms with E-state index >= 15 is 0 Å². The second-order valence-electron chi connectivity index (χ2n) is 6.23. The van der Waals surface area contributed by atoms with Crippen molar-refractivity contribution in [2.75, 3.05) is 16.8 Å². The van der Waals surface area contributed by atoms with Crippen molar-refractivity contribution in [3.8, 4) is 5.75 Å². The van der Waals surface area contributed by atoms with Crippen LogP contribution < -0.4 is 15.0 Å². The molecule has 0 unspecified atom stereocenters. The second kappa shape index (κ2) is 6.68. The summed E-state index contributed by atoms with van der Waals surface area (Å²) in [5.41, 5.74) is 0.710. The minimum Gasteiger partial charge on any atom is -0.483 e. The number of aromatic nitrogens is 1. The highest BCUT2D eigenvalue weighted by Gasteiger charge is 2.34. The Kier molecular flexibility index (Phi) is 4.19. The van der Waals surface area contributed by atoms with E-state index in [4.69, 9.17) is 4.74 Å². The van der Waals surface area contributed by atoms with Crippen molar-refractivity contribution >= 4 is 34.0 Å². The number of anilines is 2. The van der Waals surface area contributed by atoms with Gasteiger partial charge in [0.2, 0.25) is 5.91 Å². The van der Waals surface area contributed by atoms with Gasteiger partial charge in [0.15, 0.2) is 6.61 Å². The lowest BCUT2D eigenvalue weighted by Gasteiger charge is -2.34. The van der Waals surface area contributed by atoms with Crippen LogP contribution in [0.2, 0.25) is 0 Å². The molecule has 27 heavy (non-hydrogen) atoms. The molecular formula is C20H16FN3O3. The molecule has 136 valence electrons. The summed E-state index contributed by atoms with van der Waals surface area (Å²) in [5, 5.41) is 4.35. The maximum absolute atomic E-state index is 13.5. The van der Waals surface area contributed by atoms with Crippen LogP contribution in [-0.2, 0) is 9.59 Å². The van der Waals surface area contributed by atoms with Gasteiger partial charge in [0, 0.05) is 23.2 Å². The van der Waals surface area contributed by atoms with Crippen molar-refractivity contribution in [3.63, 3.8) is 0 Å². The minimum atomic E-state index is -0.726. The number of nitrogens with one attached hydrogen (secondary N) is 1. The fourth-order valence-electron chi connectivity index (χ4n) is 3.16. The zero-order valence-corrected chi connectivity index (χ0v) is 14.5. The SMILES string of the molecule is C[C@H]1C(=O)Nc2cc(F)ccc2N1C(=O)COc1cccc2cnccc12.